The van der Waals surface area contributed by atoms with E-state index in [0.29, 0.717) is 34.4 Å². The number of ether oxygens (including phenoxy) is 2. The zero-order valence-corrected chi connectivity index (χ0v) is 18.9. The Balaban J connectivity index is 1.35. The number of hydrogen-bond acceptors (Lipinski definition) is 8. The Morgan fingerprint density at radius 1 is 1.18 bits per heavy atom. The number of tetrazole rings is 1. The first kappa shape index (κ1) is 22.7. The van der Waals surface area contributed by atoms with Crippen LogP contribution in [0.2, 0.25) is 0 Å². The summed E-state index contributed by atoms with van der Waals surface area (Å²) in [6, 6.07) is 13.9. The quantitative estimate of drug-likeness (QED) is 0.460. The molecule has 2 amide bonds. The fourth-order valence-corrected chi connectivity index (χ4v) is 4.06. The number of carbonyl (C=O) groups excluding carboxylic acids is 2. The Hall–Kier alpha value is -3.44. The van der Waals surface area contributed by atoms with Gasteiger partial charge in [0.2, 0.25) is 11.1 Å². The fraction of sp³-hybridized carbons (Fsp3) is 0.318. The molecule has 1 fully saturated rings. The predicted octanol–water partition coefficient (Wildman–Crippen LogP) is 2.84. The molecule has 0 aliphatic carbocycles. The fourth-order valence-electron chi connectivity index (χ4n) is 3.37. The molecule has 11 heteroatoms. The van der Waals surface area contributed by atoms with Gasteiger partial charge in [0.05, 0.1) is 36.8 Å². The molecule has 10 nitrogen and oxygen atoms in total. The van der Waals surface area contributed by atoms with Crippen LogP contribution in [0.15, 0.2) is 53.7 Å². The minimum absolute atomic E-state index is 0.0952. The van der Waals surface area contributed by atoms with Crippen LogP contribution in [0.25, 0.3) is 0 Å². The Morgan fingerprint density at radius 2 is 2.00 bits per heavy atom. The van der Waals surface area contributed by atoms with Crippen LogP contribution in [0, 0.1) is 0 Å². The van der Waals surface area contributed by atoms with Crippen molar-refractivity contribution in [2.45, 2.75) is 30.6 Å². The first-order chi connectivity index (χ1) is 16.1. The lowest BCUT2D eigenvalue weighted by Gasteiger charge is -2.12. The largest absolute Gasteiger partial charge is 0.497 e. The molecular formula is C22H24N6O4S. The molecule has 1 atom stereocenters. The molecule has 0 spiro atoms. The molecule has 4 rings (SSSR count). The summed E-state index contributed by atoms with van der Waals surface area (Å²) in [5, 5.41) is 17.9. The second-order valence-corrected chi connectivity index (χ2v) is 8.29. The highest BCUT2D eigenvalue weighted by Crippen LogP contribution is 2.21. The molecule has 0 saturated carbocycles. The van der Waals surface area contributed by atoms with E-state index in [1.807, 2.05) is 0 Å². The number of nitrogens with zero attached hydrogens (tertiary/aromatic N) is 4. The van der Waals surface area contributed by atoms with Gasteiger partial charge in [-0.3, -0.25) is 9.59 Å². The predicted molar refractivity (Wildman–Crippen MR) is 124 cm³/mol. The van der Waals surface area contributed by atoms with Crippen LogP contribution >= 0.6 is 11.8 Å². The average Bonchev–Trinajstić information content (AvgIpc) is 3.51. The van der Waals surface area contributed by atoms with Crippen molar-refractivity contribution in [1.82, 2.24) is 20.2 Å². The van der Waals surface area contributed by atoms with Gasteiger partial charge in [-0.2, -0.15) is 0 Å². The third-order valence-electron chi connectivity index (χ3n) is 5.03. The average molecular weight is 469 g/mol. The first-order valence-corrected chi connectivity index (χ1v) is 11.5. The molecule has 0 bridgehead atoms. The van der Waals surface area contributed by atoms with Crippen LogP contribution in [0.5, 0.6) is 5.75 Å². The van der Waals surface area contributed by atoms with Crippen LogP contribution in [0.4, 0.5) is 11.4 Å². The topological polar surface area (TPSA) is 120 Å². The van der Waals surface area contributed by atoms with Gasteiger partial charge < -0.3 is 20.1 Å². The van der Waals surface area contributed by atoms with E-state index in [9.17, 15) is 9.59 Å². The maximum absolute atomic E-state index is 12.8. The molecule has 172 valence electrons. The van der Waals surface area contributed by atoms with Crippen molar-refractivity contribution in [3.8, 4) is 5.75 Å². The number of benzene rings is 2. The van der Waals surface area contributed by atoms with E-state index in [2.05, 4.69) is 26.2 Å². The van der Waals surface area contributed by atoms with Gasteiger partial charge in [-0.05, 0) is 59.7 Å². The van der Waals surface area contributed by atoms with Crippen molar-refractivity contribution < 1.29 is 19.1 Å². The number of para-hydroxylation sites is 1. The maximum atomic E-state index is 12.8. The number of hydrogen-bond donors (Lipinski definition) is 2. The van der Waals surface area contributed by atoms with Crippen molar-refractivity contribution >= 4 is 35.0 Å². The van der Waals surface area contributed by atoms with E-state index in [4.69, 9.17) is 9.47 Å². The van der Waals surface area contributed by atoms with E-state index < -0.39 is 0 Å². The molecule has 1 aromatic heterocycles. The van der Waals surface area contributed by atoms with Crippen LogP contribution < -0.4 is 15.4 Å². The number of carbonyl (C=O) groups is 2. The van der Waals surface area contributed by atoms with E-state index in [1.54, 1.807) is 60.3 Å². The summed E-state index contributed by atoms with van der Waals surface area (Å²) in [6.45, 7) is 1.31. The van der Waals surface area contributed by atoms with Crippen molar-refractivity contribution in [1.29, 1.82) is 0 Å². The Bertz CT molecular complexity index is 1100. The molecule has 33 heavy (non-hydrogen) atoms. The molecule has 2 heterocycles. The van der Waals surface area contributed by atoms with E-state index >= 15 is 0 Å². The van der Waals surface area contributed by atoms with Gasteiger partial charge in [-0.15, -0.1) is 5.10 Å². The second kappa shape index (κ2) is 10.9. The van der Waals surface area contributed by atoms with Gasteiger partial charge in [0.15, 0.2) is 0 Å². The lowest BCUT2D eigenvalue weighted by atomic mass is 10.1. The molecule has 1 saturated heterocycles. The number of thioether (sulfide) groups is 1. The number of aromatic nitrogens is 4. The summed E-state index contributed by atoms with van der Waals surface area (Å²) >= 11 is 1.23. The van der Waals surface area contributed by atoms with Crippen molar-refractivity contribution in [2.24, 2.45) is 0 Å². The summed E-state index contributed by atoms with van der Waals surface area (Å²) in [7, 11) is 1.58. The first-order valence-electron chi connectivity index (χ1n) is 10.5. The number of methoxy groups -OCH3 is 1. The summed E-state index contributed by atoms with van der Waals surface area (Å²) in [5.41, 5.74) is 1.40. The van der Waals surface area contributed by atoms with Crippen molar-refractivity contribution in [3.05, 3.63) is 54.1 Å². The number of amides is 2. The van der Waals surface area contributed by atoms with Gasteiger partial charge in [-0.1, -0.05) is 23.9 Å². The van der Waals surface area contributed by atoms with Gasteiger partial charge in [0.1, 0.15) is 5.75 Å². The third-order valence-corrected chi connectivity index (χ3v) is 5.98. The third kappa shape index (κ3) is 6.08. The summed E-state index contributed by atoms with van der Waals surface area (Å²) in [4.78, 5) is 25.4. The normalized spacial score (nSPS) is 15.2. The van der Waals surface area contributed by atoms with Gasteiger partial charge in [0, 0.05) is 12.3 Å². The molecule has 0 unspecified atom stereocenters. The zero-order valence-electron chi connectivity index (χ0n) is 18.1. The number of rotatable bonds is 9. The number of nitrogens with one attached hydrogen (secondary N) is 2. The lowest BCUT2D eigenvalue weighted by Crippen LogP contribution is -2.20. The van der Waals surface area contributed by atoms with Gasteiger partial charge in [0.25, 0.3) is 5.91 Å². The van der Waals surface area contributed by atoms with Gasteiger partial charge in [-0.25, -0.2) is 4.68 Å². The highest BCUT2D eigenvalue weighted by molar-refractivity contribution is 7.99. The van der Waals surface area contributed by atoms with Crippen LogP contribution in [-0.4, -0.2) is 57.6 Å². The van der Waals surface area contributed by atoms with Crippen molar-refractivity contribution in [2.75, 3.05) is 30.1 Å². The molecule has 1 aliphatic heterocycles. The molecule has 0 radical (unpaired) electrons. The summed E-state index contributed by atoms with van der Waals surface area (Å²) in [5.74, 6) is 0.195. The maximum Gasteiger partial charge on any atom is 0.257 e. The minimum atomic E-state index is -0.329. The standard InChI is InChI=1S/C22H24N6O4S/c1-31-16-10-8-15(9-11-16)23-21(30)18-6-2-3-7-19(18)24-20(29)14-33-22-25-26-27-28(22)13-17-5-4-12-32-17/h2-3,6-11,17H,4-5,12-14H2,1H3,(H,23,30)(H,24,29)/t17-/m1/s1. The van der Waals surface area contributed by atoms with E-state index in [0.717, 1.165) is 19.4 Å². The zero-order chi connectivity index (χ0) is 23.0. The van der Waals surface area contributed by atoms with Crippen LogP contribution in [0.3, 0.4) is 0 Å². The van der Waals surface area contributed by atoms with Crippen LogP contribution in [-0.2, 0) is 16.1 Å². The van der Waals surface area contributed by atoms with Crippen molar-refractivity contribution in [3.63, 3.8) is 0 Å². The SMILES string of the molecule is COc1ccc(NC(=O)c2ccccc2NC(=O)CSc2nnnn2C[C@H]2CCCO2)cc1. The molecule has 2 aromatic carbocycles. The molecule has 2 N–H and O–H groups in total. The monoisotopic (exact) mass is 468 g/mol. The minimum Gasteiger partial charge on any atom is -0.497 e. The molecular weight excluding hydrogens is 444 g/mol. The number of anilines is 2. The molecule has 1 aliphatic rings. The highest BCUT2D eigenvalue weighted by Gasteiger charge is 2.20. The lowest BCUT2D eigenvalue weighted by molar-refractivity contribution is -0.113. The van der Waals surface area contributed by atoms with E-state index in [-0.39, 0.29) is 23.7 Å². The van der Waals surface area contributed by atoms with Gasteiger partial charge >= 0.3 is 0 Å². The second-order valence-electron chi connectivity index (χ2n) is 7.34. The summed E-state index contributed by atoms with van der Waals surface area (Å²) in [6.07, 6.45) is 2.10. The Kier molecular flexibility index (Phi) is 7.53. The summed E-state index contributed by atoms with van der Waals surface area (Å²) < 4.78 is 12.4. The Labute approximate surface area is 195 Å². The Morgan fingerprint density at radius 3 is 2.76 bits per heavy atom. The van der Waals surface area contributed by atoms with Crippen LogP contribution in [0.1, 0.15) is 23.2 Å². The molecule has 3 aromatic rings. The smallest absolute Gasteiger partial charge is 0.257 e. The highest BCUT2D eigenvalue weighted by atomic mass is 32.2. The van der Waals surface area contributed by atoms with E-state index in [1.165, 1.54) is 11.8 Å².